The molecule has 0 saturated heterocycles. The summed E-state index contributed by atoms with van der Waals surface area (Å²) < 4.78 is 0. The second-order valence-electron chi connectivity index (χ2n) is 5.78. The summed E-state index contributed by atoms with van der Waals surface area (Å²) in [6.45, 7) is 6.82. The first-order valence-electron chi connectivity index (χ1n) is 7.86. The minimum Gasteiger partial charge on any atom is -0.354 e. The van der Waals surface area contributed by atoms with Crippen molar-refractivity contribution in [1.29, 1.82) is 0 Å². The van der Waals surface area contributed by atoms with Crippen LogP contribution in [-0.2, 0) is 9.59 Å². The van der Waals surface area contributed by atoms with Crippen LogP contribution in [0.2, 0.25) is 0 Å². The van der Waals surface area contributed by atoms with Crippen LogP contribution < -0.4 is 10.2 Å². The lowest BCUT2D eigenvalue weighted by atomic mass is 10.2. The molecule has 1 N–H and O–H groups in total. The second kappa shape index (κ2) is 7.68. The van der Waals surface area contributed by atoms with E-state index >= 15 is 0 Å². The average Bonchev–Trinajstić information content (AvgIpc) is 2.51. The maximum atomic E-state index is 12.5. The van der Waals surface area contributed by atoms with Gasteiger partial charge >= 0.3 is 0 Å². The molecule has 5 heteroatoms. The van der Waals surface area contributed by atoms with E-state index in [1.54, 1.807) is 11.8 Å². The summed E-state index contributed by atoms with van der Waals surface area (Å²) in [5.41, 5.74) is 0.970. The van der Waals surface area contributed by atoms with Crippen molar-refractivity contribution in [3.8, 4) is 0 Å². The van der Waals surface area contributed by atoms with E-state index in [0.29, 0.717) is 11.8 Å². The number of carbonyl (C=O) groups is 2. The zero-order valence-corrected chi connectivity index (χ0v) is 14.3. The van der Waals surface area contributed by atoms with E-state index < -0.39 is 0 Å². The van der Waals surface area contributed by atoms with Crippen LogP contribution in [-0.4, -0.2) is 29.7 Å². The zero-order chi connectivity index (χ0) is 16.1. The van der Waals surface area contributed by atoms with Crippen LogP contribution in [0.15, 0.2) is 29.2 Å². The Labute approximate surface area is 136 Å². The largest absolute Gasteiger partial charge is 0.354 e. The molecule has 0 aliphatic carbocycles. The Balaban J connectivity index is 1.97. The third-order valence-corrected chi connectivity index (χ3v) is 4.96. The Morgan fingerprint density at radius 1 is 1.36 bits per heavy atom. The minimum absolute atomic E-state index is 0.0268. The van der Waals surface area contributed by atoms with Gasteiger partial charge in [-0.3, -0.25) is 9.59 Å². The Kier molecular flexibility index (Phi) is 5.89. The molecule has 120 valence electrons. The lowest BCUT2D eigenvalue weighted by Gasteiger charge is -2.32. The monoisotopic (exact) mass is 320 g/mol. The molecule has 0 unspecified atom stereocenters. The summed E-state index contributed by atoms with van der Waals surface area (Å²) in [7, 11) is 0. The van der Waals surface area contributed by atoms with Crippen LogP contribution in [0.1, 0.15) is 40.0 Å². The molecular weight excluding hydrogens is 296 g/mol. The fourth-order valence-corrected chi connectivity index (χ4v) is 3.54. The van der Waals surface area contributed by atoms with E-state index in [0.717, 1.165) is 17.0 Å². The van der Waals surface area contributed by atoms with Gasteiger partial charge in [-0.2, -0.15) is 0 Å². The lowest BCUT2D eigenvalue weighted by molar-refractivity contribution is -0.125. The van der Waals surface area contributed by atoms with Crippen LogP contribution in [0.5, 0.6) is 0 Å². The van der Waals surface area contributed by atoms with Gasteiger partial charge in [0.15, 0.2) is 0 Å². The van der Waals surface area contributed by atoms with E-state index in [4.69, 9.17) is 0 Å². The molecule has 22 heavy (non-hydrogen) atoms. The van der Waals surface area contributed by atoms with Crippen molar-refractivity contribution in [3.05, 3.63) is 24.3 Å². The fourth-order valence-electron chi connectivity index (χ4n) is 2.43. The van der Waals surface area contributed by atoms with E-state index in [1.165, 1.54) is 0 Å². The summed E-state index contributed by atoms with van der Waals surface area (Å²) in [6.07, 6.45) is 1.41. The van der Waals surface area contributed by atoms with Gasteiger partial charge < -0.3 is 10.2 Å². The van der Waals surface area contributed by atoms with Gasteiger partial charge in [0.05, 0.1) is 5.69 Å². The summed E-state index contributed by atoms with van der Waals surface area (Å²) >= 11 is 1.80. The molecule has 2 atom stereocenters. The summed E-state index contributed by atoms with van der Waals surface area (Å²) in [4.78, 5) is 27.3. The maximum absolute atomic E-state index is 12.5. The number of carbonyl (C=O) groups excluding carboxylic acids is 2. The summed E-state index contributed by atoms with van der Waals surface area (Å²) in [5, 5.41) is 3.27. The van der Waals surface area contributed by atoms with Gasteiger partial charge in [0, 0.05) is 35.6 Å². The normalized spacial score (nSPS) is 18.5. The van der Waals surface area contributed by atoms with Gasteiger partial charge in [0.1, 0.15) is 0 Å². The van der Waals surface area contributed by atoms with Gasteiger partial charge in [-0.25, -0.2) is 0 Å². The lowest BCUT2D eigenvalue weighted by Crippen LogP contribution is -2.39. The SMILES string of the molecule is CC[C@@H](C)NC(=O)CCC(=O)N1C[C@@H](C)Sc2ccccc21. The highest BCUT2D eigenvalue weighted by atomic mass is 32.2. The molecule has 0 spiro atoms. The van der Waals surface area contributed by atoms with Gasteiger partial charge in [0.25, 0.3) is 0 Å². The van der Waals surface area contributed by atoms with Crippen LogP contribution in [0, 0.1) is 0 Å². The molecule has 0 saturated carbocycles. The molecule has 0 radical (unpaired) electrons. The van der Waals surface area contributed by atoms with Gasteiger partial charge in [-0.05, 0) is 25.5 Å². The number of hydrogen-bond acceptors (Lipinski definition) is 3. The number of para-hydroxylation sites is 1. The second-order valence-corrected chi connectivity index (χ2v) is 7.26. The number of nitrogens with zero attached hydrogens (tertiary/aromatic N) is 1. The van der Waals surface area contributed by atoms with Crippen LogP contribution >= 0.6 is 11.8 Å². The first-order valence-corrected chi connectivity index (χ1v) is 8.74. The van der Waals surface area contributed by atoms with Crippen LogP contribution in [0.25, 0.3) is 0 Å². The van der Waals surface area contributed by atoms with Crippen molar-refractivity contribution in [2.75, 3.05) is 11.4 Å². The molecule has 1 aromatic carbocycles. The number of anilines is 1. The van der Waals surface area contributed by atoms with Crippen LogP contribution in [0.4, 0.5) is 5.69 Å². The first-order chi connectivity index (χ1) is 10.5. The topological polar surface area (TPSA) is 49.4 Å². The number of nitrogens with one attached hydrogen (secondary N) is 1. The summed E-state index contributed by atoms with van der Waals surface area (Å²) in [6, 6.07) is 8.13. The maximum Gasteiger partial charge on any atom is 0.227 e. The predicted octanol–water partition coefficient (Wildman–Crippen LogP) is 3.21. The minimum atomic E-state index is -0.0459. The van der Waals surface area contributed by atoms with Crippen LogP contribution in [0.3, 0.4) is 0 Å². The number of amides is 2. The van der Waals surface area contributed by atoms with E-state index in [9.17, 15) is 9.59 Å². The molecule has 1 aromatic rings. The van der Waals surface area contributed by atoms with Gasteiger partial charge in [-0.15, -0.1) is 11.8 Å². The van der Waals surface area contributed by atoms with E-state index in [2.05, 4.69) is 12.2 Å². The van der Waals surface area contributed by atoms with Crippen molar-refractivity contribution >= 4 is 29.3 Å². The third-order valence-electron chi connectivity index (χ3n) is 3.81. The molecule has 1 heterocycles. The molecule has 4 nitrogen and oxygen atoms in total. The number of thioether (sulfide) groups is 1. The summed E-state index contributed by atoms with van der Waals surface area (Å²) in [5.74, 6) is -0.0191. The molecule has 0 fully saturated rings. The van der Waals surface area contributed by atoms with Crippen molar-refractivity contribution in [1.82, 2.24) is 5.32 Å². The van der Waals surface area contributed by atoms with Gasteiger partial charge in [0.2, 0.25) is 11.8 Å². The van der Waals surface area contributed by atoms with Gasteiger partial charge in [-0.1, -0.05) is 26.0 Å². The fraction of sp³-hybridized carbons (Fsp3) is 0.529. The number of hydrogen-bond donors (Lipinski definition) is 1. The molecular formula is C17H24N2O2S. The number of rotatable bonds is 5. The average molecular weight is 320 g/mol. The smallest absolute Gasteiger partial charge is 0.227 e. The standard InChI is InChI=1S/C17H24N2O2S/c1-4-12(2)18-16(20)9-10-17(21)19-11-13(3)22-15-8-6-5-7-14(15)19/h5-8,12-13H,4,9-11H2,1-3H3,(H,18,20)/t12-,13-/m1/s1. The molecule has 1 aliphatic rings. The van der Waals surface area contributed by atoms with Crippen molar-refractivity contribution in [2.24, 2.45) is 0 Å². The number of fused-ring (bicyclic) bond motifs is 1. The first kappa shape index (κ1) is 16.9. The Hall–Kier alpha value is -1.49. The molecule has 0 bridgehead atoms. The quantitative estimate of drug-likeness (QED) is 0.906. The zero-order valence-electron chi connectivity index (χ0n) is 13.5. The highest BCUT2D eigenvalue weighted by Crippen LogP contribution is 2.38. The molecule has 0 aromatic heterocycles. The van der Waals surface area contributed by atoms with Crippen molar-refractivity contribution in [3.63, 3.8) is 0 Å². The highest BCUT2D eigenvalue weighted by Gasteiger charge is 2.26. The van der Waals surface area contributed by atoms with Crippen molar-refractivity contribution < 1.29 is 9.59 Å². The number of benzene rings is 1. The molecule has 1 aliphatic heterocycles. The Morgan fingerprint density at radius 2 is 2.09 bits per heavy atom. The Morgan fingerprint density at radius 3 is 2.82 bits per heavy atom. The molecule has 2 rings (SSSR count). The van der Waals surface area contributed by atoms with E-state index in [-0.39, 0.29) is 30.7 Å². The molecule has 2 amide bonds. The predicted molar refractivity (Wildman–Crippen MR) is 91.2 cm³/mol. The third kappa shape index (κ3) is 4.26. The highest BCUT2D eigenvalue weighted by molar-refractivity contribution is 8.00. The van der Waals surface area contributed by atoms with Crippen molar-refractivity contribution in [2.45, 2.75) is 56.2 Å². The Bertz CT molecular complexity index is 547. The van der Waals surface area contributed by atoms with E-state index in [1.807, 2.05) is 43.0 Å².